The highest BCUT2D eigenvalue weighted by Crippen LogP contribution is 2.29. The van der Waals surface area contributed by atoms with Crippen LogP contribution in [0.2, 0.25) is 0 Å². The maximum atomic E-state index is 5.81. The largest absolute Gasteiger partial charge is 0.384 e. The van der Waals surface area contributed by atoms with Gasteiger partial charge in [0.2, 0.25) is 0 Å². The van der Waals surface area contributed by atoms with Gasteiger partial charge in [-0.2, -0.15) is 0 Å². The molecule has 25 heavy (non-hydrogen) atoms. The molecule has 3 aromatic rings. The Morgan fingerprint density at radius 1 is 1.12 bits per heavy atom. The average Bonchev–Trinajstić information content (AvgIpc) is 3.11. The van der Waals surface area contributed by atoms with E-state index in [1.807, 2.05) is 18.3 Å². The van der Waals surface area contributed by atoms with Crippen LogP contribution in [-0.4, -0.2) is 32.6 Å². The summed E-state index contributed by atoms with van der Waals surface area (Å²) in [6.45, 7) is 2.75. The number of piperidine rings is 1. The van der Waals surface area contributed by atoms with E-state index in [4.69, 9.17) is 5.73 Å². The van der Waals surface area contributed by atoms with Gasteiger partial charge < -0.3 is 15.2 Å². The minimum atomic E-state index is 0.392. The molecule has 2 aromatic heterocycles. The average molecular weight is 334 g/mol. The summed E-state index contributed by atoms with van der Waals surface area (Å²) in [7, 11) is 0. The van der Waals surface area contributed by atoms with E-state index < -0.39 is 0 Å². The van der Waals surface area contributed by atoms with Gasteiger partial charge in [0.15, 0.2) is 0 Å². The van der Waals surface area contributed by atoms with Gasteiger partial charge in [-0.05, 0) is 18.4 Å². The Balaban J connectivity index is 1.53. The monoisotopic (exact) mass is 334 g/mol. The van der Waals surface area contributed by atoms with Gasteiger partial charge in [-0.1, -0.05) is 30.3 Å². The second-order valence-corrected chi connectivity index (χ2v) is 6.49. The van der Waals surface area contributed by atoms with E-state index in [1.54, 1.807) is 0 Å². The standard InChI is InChI=1S/C19H22N6/c20-17-11-18(23-14-22-17)24-9-4-7-16(13-24)19-21-8-10-25(19)12-15-5-2-1-3-6-15/h1-3,5-6,8,10-11,14,16H,4,7,9,12-13H2,(H2,20,22,23). The first-order chi connectivity index (χ1) is 12.3. The number of hydrogen-bond acceptors (Lipinski definition) is 5. The van der Waals surface area contributed by atoms with Gasteiger partial charge in [-0.25, -0.2) is 15.0 Å². The number of rotatable bonds is 4. The zero-order valence-electron chi connectivity index (χ0n) is 14.1. The van der Waals surface area contributed by atoms with E-state index >= 15 is 0 Å². The Hall–Kier alpha value is -2.89. The van der Waals surface area contributed by atoms with Gasteiger partial charge in [0.05, 0.1) is 0 Å². The summed E-state index contributed by atoms with van der Waals surface area (Å²) in [5.41, 5.74) is 7.10. The number of nitrogen functional groups attached to an aromatic ring is 1. The quantitative estimate of drug-likeness (QED) is 0.794. The molecular formula is C19H22N6. The highest BCUT2D eigenvalue weighted by Gasteiger charge is 2.25. The number of hydrogen-bond donors (Lipinski definition) is 1. The van der Waals surface area contributed by atoms with Gasteiger partial charge >= 0.3 is 0 Å². The third-order valence-electron chi connectivity index (χ3n) is 4.73. The van der Waals surface area contributed by atoms with Crippen molar-refractivity contribution in [3.63, 3.8) is 0 Å². The van der Waals surface area contributed by atoms with Crippen molar-refractivity contribution in [2.45, 2.75) is 25.3 Å². The van der Waals surface area contributed by atoms with E-state index in [1.165, 1.54) is 11.9 Å². The topological polar surface area (TPSA) is 72.9 Å². The number of nitrogens with two attached hydrogens (primary N) is 1. The predicted molar refractivity (Wildman–Crippen MR) is 98.4 cm³/mol. The molecule has 0 radical (unpaired) electrons. The van der Waals surface area contributed by atoms with Gasteiger partial charge in [-0.3, -0.25) is 0 Å². The molecular weight excluding hydrogens is 312 g/mol. The summed E-state index contributed by atoms with van der Waals surface area (Å²) in [5, 5.41) is 0. The molecule has 1 saturated heterocycles. The number of imidazole rings is 1. The fraction of sp³-hybridized carbons (Fsp3) is 0.316. The highest BCUT2D eigenvalue weighted by atomic mass is 15.2. The molecule has 1 fully saturated rings. The minimum Gasteiger partial charge on any atom is -0.384 e. The van der Waals surface area contributed by atoms with Crippen molar-refractivity contribution in [1.29, 1.82) is 0 Å². The molecule has 0 spiro atoms. The lowest BCUT2D eigenvalue weighted by Crippen LogP contribution is -2.36. The number of aromatic nitrogens is 4. The first-order valence-corrected chi connectivity index (χ1v) is 8.67. The fourth-order valence-electron chi connectivity index (χ4n) is 3.52. The van der Waals surface area contributed by atoms with Crippen LogP contribution in [-0.2, 0) is 6.54 Å². The number of nitrogens with zero attached hydrogens (tertiary/aromatic N) is 5. The molecule has 2 N–H and O–H groups in total. The molecule has 1 aliphatic heterocycles. The van der Waals surface area contributed by atoms with Crippen LogP contribution in [0, 0.1) is 0 Å². The maximum Gasteiger partial charge on any atom is 0.134 e. The third kappa shape index (κ3) is 3.47. The molecule has 0 saturated carbocycles. The SMILES string of the molecule is Nc1cc(N2CCCC(c3nccn3Cc3ccccc3)C2)ncn1. The summed E-state index contributed by atoms with van der Waals surface area (Å²) >= 11 is 0. The van der Waals surface area contributed by atoms with Gasteiger partial charge in [0, 0.05) is 44.0 Å². The highest BCUT2D eigenvalue weighted by molar-refractivity contribution is 5.46. The summed E-state index contributed by atoms with van der Waals surface area (Å²) in [4.78, 5) is 15.3. The van der Waals surface area contributed by atoms with Crippen LogP contribution >= 0.6 is 0 Å². The molecule has 6 heteroatoms. The normalized spacial score (nSPS) is 17.6. The van der Waals surface area contributed by atoms with Crippen molar-refractivity contribution in [2.24, 2.45) is 0 Å². The smallest absolute Gasteiger partial charge is 0.134 e. The first kappa shape index (κ1) is 15.6. The molecule has 1 aliphatic rings. The zero-order chi connectivity index (χ0) is 17.1. The Bertz CT molecular complexity index is 829. The van der Waals surface area contributed by atoms with Crippen molar-refractivity contribution in [2.75, 3.05) is 23.7 Å². The van der Waals surface area contributed by atoms with Crippen LogP contribution in [0.4, 0.5) is 11.6 Å². The lowest BCUT2D eigenvalue weighted by molar-refractivity contribution is 0.474. The molecule has 3 heterocycles. The summed E-state index contributed by atoms with van der Waals surface area (Å²) in [6, 6.07) is 12.4. The molecule has 0 bridgehead atoms. The first-order valence-electron chi connectivity index (χ1n) is 8.67. The van der Waals surface area contributed by atoms with Crippen LogP contribution in [0.25, 0.3) is 0 Å². The van der Waals surface area contributed by atoms with Crippen LogP contribution in [0.5, 0.6) is 0 Å². The Morgan fingerprint density at radius 2 is 2.00 bits per heavy atom. The van der Waals surface area contributed by atoms with Gasteiger partial charge in [-0.15, -0.1) is 0 Å². The minimum absolute atomic E-state index is 0.392. The Labute approximate surface area is 147 Å². The number of benzene rings is 1. The molecule has 1 aromatic carbocycles. The van der Waals surface area contributed by atoms with Crippen LogP contribution in [0.3, 0.4) is 0 Å². The van der Waals surface area contributed by atoms with Gasteiger partial charge in [0.1, 0.15) is 23.8 Å². The molecule has 0 aliphatic carbocycles. The van der Waals surface area contributed by atoms with Crippen molar-refractivity contribution >= 4 is 11.6 Å². The Morgan fingerprint density at radius 3 is 2.84 bits per heavy atom. The summed E-state index contributed by atoms with van der Waals surface area (Å²) in [5.74, 6) is 2.95. The van der Waals surface area contributed by atoms with Crippen molar-refractivity contribution in [3.8, 4) is 0 Å². The van der Waals surface area contributed by atoms with Crippen LogP contribution < -0.4 is 10.6 Å². The summed E-state index contributed by atoms with van der Waals surface area (Å²) < 4.78 is 2.26. The lowest BCUT2D eigenvalue weighted by Gasteiger charge is -2.33. The molecule has 4 rings (SSSR count). The van der Waals surface area contributed by atoms with E-state index in [-0.39, 0.29) is 0 Å². The van der Waals surface area contributed by atoms with Crippen LogP contribution in [0.1, 0.15) is 30.1 Å². The van der Waals surface area contributed by atoms with Crippen molar-refractivity contribution < 1.29 is 0 Å². The molecule has 1 unspecified atom stereocenters. The molecule has 0 amide bonds. The zero-order valence-corrected chi connectivity index (χ0v) is 14.1. The fourth-order valence-corrected chi connectivity index (χ4v) is 3.52. The van der Waals surface area contributed by atoms with Crippen LogP contribution in [0.15, 0.2) is 55.1 Å². The van der Waals surface area contributed by atoms with E-state index in [2.05, 4.69) is 54.9 Å². The van der Waals surface area contributed by atoms with Crippen molar-refractivity contribution in [3.05, 3.63) is 66.5 Å². The van der Waals surface area contributed by atoms with Crippen molar-refractivity contribution in [1.82, 2.24) is 19.5 Å². The lowest BCUT2D eigenvalue weighted by atomic mass is 9.97. The molecule has 6 nitrogen and oxygen atoms in total. The molecule has 128 valence electrons. The predicted octanol–water partition coefficient (Wildman–Crippen LogP) is 2.69. The van der Waals surface area contributed by atoms with Gasteiger partial charge in [0.25, 0.3) is 0 Å². The molecule has 1 atom stereocenters. The third-order valence-corrected chi connectivity index (χ3v) is 4.73. The van der Waals surface area contributed by atoms with E-state index in [0.717, 1.165) is 44.1 Å². The Kier molecular flexibility index (Phi) is 4.33. The summed E-state index contributed by atoms with van der Waals surface area (Å²) in [6.07, 6.45) is 7.77. The van der Waals surface area contributed by atoms with E-state index in [0.29, 0.717) is 11.7 Å². The maximum absolute atomic E-state index is 5.81. The second-order valence-electron chi connectivity index (χ2n) is 6.49. The number of anilines is 2. The second kappa shape index (κ2) is 6.93. The van der Waals surface area contributed by atoms with E-state index in [9.17, 15) is 0 Å².